The van der Waals surface area contributed by atoms with Crippen molar-refractivity contribution in [2.75, 3.05) is 7.05 Å². The molecule has 0 saturated carbocycles. The smallest absolute Gasteiger partial charge is 0.0175 e. The third-order valence-corrected chi connectivity index (χ3v) is 3.63. The topological polar surface area (TPSA) is 3.24 Å². The van der Waals surface area contributed by atoms with Crippen LogP contribution in [0.15, 0.2) is 0 Å². The van der Waals surface area contributed by atoms with Gasteiger partial charge in [0.05, 0.1) is 0 Å². The molecule has 0 rings (SSSR count). The first-order valence-electron chi connectivity index (χ1n) is 5.24. The van der Waals surface area contributed by atoms with Crippen molar-refractivity contribution in [3.63, 3.8) is 0 Å². The summed E-state index contributed by atoms with van der Waals surface area (Å²) < 4.78 is 0. The second-order valence-electron chi connectivity index (χ2n) is 4.07. The maximum Gasteiger partial charge on any atom is 0.0175 e. The van der Waals surface area contributed by atoms with Gasteiger partial charge >= 0.3 is 0 Å². The van der Waals surface area contributed by atoms with Gasteiger partial charge in [-0.1, -0.05) is 20.8 Å². The fourth-order valence-corrected chi connectivity index (χ4v) is 1.55. The highest BCUT2D eigenvalue weighted by molar-refractivity contribution is 4.83. The van der Waals surface area contributed by atoms with Gasteiger partial charge in [-0.05, 0) is 40.2 Å². The summed E-state index contributed by atoms with van der Waals surface area (Å²) in [7, 11) is 2.25. The van der Waals surface area contributed by atoms with E-state index in [0.29, 0.717) is 11.6 Å². The lowest BCUT2D eigenvalue weighted by Gasteiger charge is -2.41. The van der Waals surface area contributed by atoms with E-state index in [1.807, 2.05) is 0 Å². The highest BCUT2D eigenvalue weighted by Crippen LogP contribution is 2.24. The highest BCUT2D eigenvalue weighted by atomic mass is 15.2. The number of hydrogen-bond donors (Lipinski definition) is 0. The minimum absolute atomic E-state index is 0.398. The molecule has 0 heterocycles. The molecule has 0 aromatic carbocycles. The first kappa shape index (κ1) is 12.0. The molecular weight excluding hydrogens is 146 g/mol. The SMILES string of the molecule is CC[C@@H](C)N(C)C(C)(CC)CC. The van der Waals surface area contributed by atoms with E-state index in [0.717, 1.165) is 0 Å². The molecule has 0 N–H and O–H groups in total. The van der Waals surface area contributed by atoms with Gasteiger partial charge < -0.3 is 0 Å². The average molecular weight is 171 g/mol. The molecule has 0 amide bonds. The maximum absolute atomic E-state index is 2.52. The summed E-state index contributed by atoms with van der Waals surface area (Å²) in [6.45, 7) is 11.5. The minimum Gasteiger partial charge on any atom is -0.298 e. The molecule has 1 atom stereocenters. The van der Waals surface area contributed by atoms with Gasteiger partial charge in [-0.2, -0.15) is 0 Å². The van der Waals surface area contributed by atoms with Crippen LogP contribution in [0, 0.1) is 0 Å². The van der Waals surface area contributed by atoms with Crippen molar-refractivity contribution in [2.24, 2.45) is 0 Å². The summed E-state index contributed by atoms with van der Waals surface area (Å²) in [6, 6.07) is 0.704. The fourth-order valence-electron chi connectivity index (χ4n) is 1.55. The quantitative estimate of drug-likeness (QED) is 0.613. The Morgan fingerprint density at radius 1 is 1.17 bits per heavy atom. The van der Waals surface area contributed by atoms with E-state index < -0.39 is 0 Å². The zero-order valence-corrected chi connectivity index (χ0v) is 9.65. The first-order chi connectivity index (χ1) is 5.51. The lowest BCUT2D eigenvalue weighted by Crippen LogP contribution is -2.47. The lowest BCUT2D eigenvalue weighted by atomic mass is 9.92. The van der Waals surface area contributed by atoms with Gasteiger partial charge in [0.15, 0.2) is 0 Å². The molecule has 0 aromatic rings. The Hall–Kier alpha value is -0.0400. The molecule has 0 unspecified atom stereocenters. The summed E-state index contributed by atoms with van der Waals surface area (Å²) >= 11 is 0. The van der Waals surface area contributed by atoms with E-state index in [4.69, 9.17) is 0 Å². The molecule has 0 aliphatic rings. The standard InChI is InChI=1S/C11H25N/c1-7-10(4)12(6)11(5,8-2)9-3/h10H,7-9H2,1-6H3/t10-/m1/s1. The van der Waals surface area contributed by atoms with Crippen molar-refractivity contribution >= 4 is 0 Å². The number of nitrogens with zero attached hydrogens (tertiary/aromatic N) is 1. The Bertz CT molecular complexity index is 116. The Labute approximate surface area is 78.1 Å². The van der Waals surface area contributed by atoms with E-state index in [9.17, 15) is 0 Å². The fraction of sp³-hybridized carbons (Fsp3) is 1.00. The van der Waals surface area contributed by atoms with Gasteiger partial charge in [-0.15, -0.1) is 0 Å². The van der Waals surface area contributed by atoms with Crippen LogP contribution in [0.5, 0.6) is 0 Å². The Kier molecular flexibility index (Phi) is 4.84. The molecule has 0 aliphatic carbocycles. The molecule has 0 radical (unpaired) electrons. The molecule has 0 aliphatic heterocycles. The number of rotatable bonds is 5. The van der Waals surface area contributed by atoms with Gasteiger partial charge in [-0.25, -0.2) is 0 Å². The summed E-state index contributed by atoms with van der Waals surface area (Å²) in [4.78, 5) is 2.52. The van der Waals surface area contributed by atoms with Crippen molar-refractivity contribution in [3.05, 3.63) is 0 Å². The predicted molar refractivity (Wildman–Crippen MR) is 56.5 cm³/mol. The van der Waals surface area contributed by atoms with E-state index >= 15 is 0 Å². The van der Waals surface area contributed by atoms with Crippen LogP contribution in [0.2, 0.25) is 0 Å². The second-order valence-corrected chi connectivity index (χ2v) is 4.07. The Balaban J connectivity index is 4.29. The van der Waals surface area contributed by atoms with Crippen LogP contribution in [-0.4, -0.2) is 23.5 Å². The van der Waals surface area contributed by atoms with E-state index in [1.54, 1.807) is 0 Å². The van der Waals surface area contributed by atoms with Crippen LogP contribution < -0.4 is 0 Å². The first-order valence-corrected chi connectivity index (χ1v) is 5.24. The van der Waals surface area contributed by atoms with Crippen molar-refractivity contribution in [1.29, 1.82) is 0 Å². The maximum atomic E-state index is 2.52. The van der Waals surface area contributed by atoms with Crippen LogP contribution in [0.3, 0.4) is 0 Å². The van der Waals surface area contributed by atoms with E-state index in [2.05, 4.69) is 46.6 Å². The Morgan fingerprint density at radius 2 is 1.58 bits per heavy atom. The third-order valence-electron chi connectivity index (χ3n) is 3.63. The van der Waals surface area contributed by atoms with Gasteiger partial charge in [0, 0.05) is 11.6 Å². The van der Waals surface area contributed by atoms with Gasteiger partial charge in [0.1, 0.15) is 0 Å². The molecular formula is C11H25N. The molecule has 1 heteroatoms. The van der Waals surface area contributed by atoms with Crippen LogP contribution in [0.1, 0.15) is 53.9 Å². The minimum atomic E-state index is 0.398. The van der Waals surface area contributed by atoms with Gasteiger partial charge in [0.25, 0.3) is 0 Å². The molecule has 0 bridgehead atoms. The molecule has 0 fully saturated rings. The number of hydrogen-bond acceptors (Lipinski definition) is 1. The predicted octanol–water partition coefficient (Wildman–Crippen LogP) is 3.30. The summed E-state index contributed by atoms with van der Waals surface area (Å²) in [6.07, 6.45) is 3.72. The molecule has 1 nitrogen and oxygen atoms in total. The van der Waals surface area contributed by atoms with E-state index in [1.165, 1.54) is 19.3 Å². The van der Waals surface area contributed by atoms with Crippen LogP contribution in [-0.2, 0) is 0 Å². The van der Waals surface area contributed by atoms with Crippen molar-refractivity contribution < 1.29 is 0 Å². The van der Waals surface area contributed by atoms with Crippen LogP contribution in [0.4, 0.5) is 0 Å². The molecule has 0 aromatic heterocycles. The lowest BCUT2D eigenvalue weighted by molar-refractivity contribution is 0.0836. The summed E-state index contributed by atoms with van der Waals surface area (Å²) in [5.41, 5.74) is 0.398. The van der Waals surface area contributed by atoms with E-state index in [-0.39, 0.29) is 0 Å². The van der Waals surface area contributed by atoms with Crippen LogP contribution in [0.25, 0.3) is 0 Å². The largest absolute Gasteiger partial charge is 0.298 e. The molecule has 0 saturated heterocycles. The monoisotopic (exact) mass is 171 g/mol. The molecule has 12 heavy (non-hydrogen) atoms. The summed E-state index contributed by atoms with van der Waals surface area (Å²) in [5, 5.41) is 0. The zero-order chi connectivity index (χ0) is 9.78. The third kappa shape index (κ3) is 2.48. The Morgan fingerprint density at radius 3 is 1.83 bits per heavy atom. The zero-order valence-electron chi connectivity index (χ0n) is 9.65. The second kappa shape index (κ2) is 4.86. The normalized spacial score (nSPS) is 15.2. The summed E-state index contributed by atoms with van der Waals surface area (Å²) in [5.74, 6) is 0. The van der Waals surface area contributed by atoms with Crippen LogP contribution >= 0.6 is 0 Å². The van der Waals surface area contributed by atoms with Crippen molar-refractivity contribution in [2.45, 2.75) is 65.5 Å². The average Bonchev–Trinajstić information content (AvgIpc) is 2.14. The molecule has 0 spiro atoms. The van der Waals surface area contributed by atoms with Crippen molar-refractivity contribution in [1.82, 2.24) is 4.90 Å². The van der Waals surface area contributed by atoms with Crippen molar-refractivity contribution in [3.8, 4) is 0 Å². The highest BCUT2D eigenvalue weighted by Gasteiger charge is 2.27. The van der Waals surface area contributed by atoms with Gasteiger partial charge in [0.2, 0.25) is 0 Å². The molecule has 74 valence electrons. The van der Waals surface area contributed by atoms with Gasteiger partial charge in [-0.3, -0.25) is 4.90 Å².